The van der Waals surface area contributed by atoms with Crippen LogP contribution in [0, 0.1) is 17.8 Å². The zero-order valence-electron chi connectivity index (χ0n) is 20.2. The number of carboxylic acids is 1. The summed E-state index contributed by atoms with van der Waals surface area (Å²) in [5, 5.41) is 14.3. The summed E-state index contributed by atoms with van der Waals surface area (Å²) in [7, 11) is 0. The van der Waals surface area contributed by atoms with E-state index in [-0.39, 0.29) is 5.41 Å². The van der Waals surface area contributed by atoms with Crippen LogP contribution in [0.1, 0.15) is 43.2 Å². The number of halogens is 1. The van der Waals surface area contributed by atoms with Crippen molar-refractivity contribution in [1.82, 2.24) is 4.98 Å². The zero-order chi connectivity index (χ0) is 24.8. The number of benzene rings is 2. The Morgan fingerprint density at radius 3 is 2.67 bits per heavy atom. The molecule has 0 amide bonds. The van der Waals surface area contributed by atoms with E-state index in [1.54, 1.807) is 24.5 Å². The quantitative estimate of drug-likeness (QED) is 0.393. The Kier molecular flexibility index (Phi) is 5.91. The molecular weight excluding hydrogens is 472 g/mol. The van der Waals surface area contributed by atoms with Crippen LogP contribution < -0.4 is 10.1 Å². The van der Waals surface area contributed by atoms with E-state index in [0.29, 0.717) is 42.2 Å². The Hall–Kier alpha value is -3.05. The number of ether oxygens (including phenoxy) is 1. The highest BCUT2D eigenvalue weighted by atomic mass is 35.5. The van der Waals surface area contributed by atoms with Crippen LogP contribution in [0.3, 0.4) is 0 Å². The van der Waals surface area contributed by atoms with Gasteiger partial charge in [-0.25, -0.2) is 4.79 Å². The first-order valence-electron chi connectivity index (χ1n) is 12.9. The van der Waals surface area contributed by atoms with Crippen molar-refractivity contribution in [3.05, 3.63) is 89.2 Å². The highest BCUT2D eigenvalue weighted by Crippen LogP contribution is 2.62. The van der Waals surface area contributed by atoms with Gasteiger partial charge in [-0.15, -0.1) is 0 Å². The molecule has 2 saturated carbocycles. The van der Waals surface area contributed by atoms with Crippen molar-refractivity contribution in [3.8, 4) is 5.75 Å². The van der Waals surface area contributed by atoms with Crippen molar-refractivity contribution in [2.45, 2.75) is 49.5 Å². The third-order valence-corrected chi connectivity index (χ3v) is 9.14. The number of hydrogen-bond donors (Lipinski definition) is 2. The Labute approximate surface area is 216 Å². The minimum Gasteiger partial charge on any atom is -0.492 e. The van der Waals surface area contributed by atoms with E-state index in [4.69, 9.17) is 16.3 Å². The molecule has 36 heavy (non-hydrogen) atoms. The molecule has 1 unspecified atom stereocenters. The molecule has 3 aliphatic rings. The number of nitrogens with zero attached hydrogens (tertiary/aromatic N) is 1. The molecule has 2 fully saturated rings. The second kappa shape index (κ2) is 9.11. The first-order valence-corrected chi connectivity index (χ1v) is 13.3. The number of rotatable bonds is 7. The predicted octanol–water partition coefficient (Wildman–Crippen LogP) is 6.37. The molecule has 6 heteroatoms. The number of hydrogen-bond acceptors (Lipinski definition) is 4. The lowest BCUT2D eigenvalue weighted by atomic mass is 9.59. The van der Waals surface area contributed by atoms with Crippen LogP contribution in [0.2, 0.25) is 5.02 Å². The van der Waals surface area contributed by atoms with Crippen molar-refractivity contribution < 1.29 is 14.6 Å². The lowest BCUT2D eigenvalue weighted by molar-refractivity contribution is -0.144. The van der Waals surface area contributed by atoms with E-state index >= 15 is 0 Å². The van der Waals surface area contributed by atoms with E-state index in [2.05, 4.69) is 34.6 Å². The summed E-state index contributed by atoms with van der Waals surface area (Å²) in [6.07, 6.45) is 8.67. The summed E-state index contributed by atoms with van der Waals surface area (Å²) in [5.74, 6) is 1.71. The molecule has 0 radical (unpaired) electrons. The number of anilines is 1. The highest BCUT2D eigenvalue weighted by molar-refractivity contribution is 6.30. The van der Waals surface area contributed by atoms with Gasteiger partial charge in [-0.3, -0.25) is 4.98 Å². The van der Waals surface area contributed by atoms with Crippen LogP contribution in [0.5, 0.6) is 5.75 Å². The molecule has 0 saturated heterocycles. The Morgan fingerprint density at radius 1 is 1.08 bits per heavy atom. The fourth-order valence-electron chi connectivity index (χ4n) is 6.97. The van der Waals surface area contributed by atoms with Crippen LogP contribution in [0.25, 0.3) is 0 Å². The van der Waals surface area contributed by atoms with Gasteiger partial charge in [0.1, 0.15) is 11.3 Å². The van der Waals surface area contributed by atoms with Crippen LogP contribution in [-0.4, -0.2) is 28.2 Å². The van der Waals surface area contributed by atoms with Crippen molar-refractivity contribution in [2.24, 2.45) is 17.8 Å². The molecule has 3 atom stereocenters. The fourth-order valence-corrected chi connectivity index (χ4v) is 7.16. The molecule has 1 heterocycles. The maximum Gasteiger partial charge on any atom is 0.329 e. The van der Waals surface area contributed by atoms with E-state index in [1.165, 1.54) is 17.5 Å². The summed E-state index contributed by atoms with van der Waals surface area (Å²) in [5.41, 5.74) is 2.69. The normalized spacial score (nSPS) is 30.5. The summed E-state index contributed by atoms with van der Waals surface area (Å²) in [6.45, 7) is 0.717. The van der Waals surface area contributed by atoms with Gasteiger partial charge in [0, 0.05) is 16.9 Å². The minimum absolute atomic E-state index is 0.0271. The molecule has 186 valence electrons. The van der Waals surface area contributed by atoms with Gasteiger partial charge in [0.2, 0.25) is 0 Å². The van der Waals surface area contributed by atoms with Gasteiger partial charge < -0.3 is 15.2 Å². The summed E-state index contributed by atoms with van der Waals surface area (Å²) < 4.78 is 6.05. The largest absolute Gasteiger partial charge is 0.492 e. The molecule has 3 aliphatic carbocycles. The standard InChI is InChI=1S/C30H31ClN2O3/c31-22-6-3-7-23(17-22)33-30(28(34)35)12-10-29(11-13-30)26-9-2-1-5-20(26)16-27(29)25-15-21(25)19-36-24-8-4-14-32-18-24/h1-9,14,17-18,21,25,27,33H,10-13,15-16,19H2,(H,34,35)/t21-,25+,27?,29?,30?/m1/s1. The molecule has 1 aromatic heterocycles. The summed E-state index contributed by atoms with van der Waals surface area (Å²) >= 11 is 6.18. The van der Waals surface area contributed by atoms with Crippen LogP contribution in [0.4, 0.5) is 5.69 Å². The van der Waals surface area contributed by atoms with Crippen LogP contribution >= 0.6 is 11.6 Å². The average molecular weight is 503 g/mol. The van der Waals surface area contributed by atoms with E-state index in [9.17, 15) is 9.90 Å². The molecule has 1 spiro atoms. The van der Waals surface area contributed by atoms with Gasteiger partial charge in [-0.2, -0.15) is 0 Å². The second-order valence-corrected chi connectivity index (χ2v) is 11.2. The lowest BCUT2D eigenvalue weighted by Crippen LogP contribution is -2.53. The van der Waals surface area contributed by atoms with Crippen molar-refractivity contribution in [1.29, 1.82) is 0 Å². The monoisotopic (exact) mass is 502 g/mol. The van der Waals surface area contributed by atoms with E-state index in [1.807, 2.05) is 24.3 Å². The molecule has 2 aromatic carbocycles. The molecule has 0 aliphatic heterocycles. The number of carboxylic acid groups (broad SMARTS) is 1. The second-order valence-electron chi connectivity index (χ2n) is 10.8. The number of carbonyl (C=O) groups is 1. The highest BCUT2D eigenvalue weighted by Gasteiger charge is 2.59. The van der Waals surface area contributed by atoms with Gasteiger partial charge in [0.15, 0.2) is 0 Å². The Balaban J connectivity index is 1.22. The third-order valence-electron chi connectivity index (χ3n) is 8.91. The van der Waals surface area contributed by atoms with Gasteiger partial charge in [0.25, 0.3) is 0 Å². The number of aliphatic carboxylic acids is 1. The predicted molar refractivity (Wildman–Crippen MR) is 141 cm³/mol. The van der Waals surface area contributed by atoms with Crippen molar-refractivity contribution >= 4 is 23.3 Å². The topological polar surface area (TPSA) is 71.5 Å². The van der Waals surface area contributed by atoms with E-state index in [0.717, 1.165) is 30.7 Å². The first-order chi connectivity index (χ1) is 17.5. The molecular formula is C30H31ClN2O3. The average Bonchev–Trinajstić information content (AvgIpc) is 3.60. The fraction of sp³-hybridized carbons (Fsp3) is 0.400. The minimum atomic E-state index is -0.982. The molecule has 3 aromatic rings. The first kappa shape index (κ1) is 23.4. The zero-order valence-corrected chi connectivity index (χ0v) is 21.0. The number of fused-ring (bicyclic) bond motifs is 2. The van der Waals surface area contributed by atoms with Crippen molar-refractivity contribution in [2.75, 3.05) is 11.9 Å². The summed E-state index contributed by atoms with van der Waals surface area (Å²) in [4.78, 5) is 16.7. The summed E-state index contributed by atoms with van der Waals surface area (Å²) in [6, 6.07) is 20.0. The lowest BCUT2D eigenvalue weighted by Gasteiger charge is -2.47. The Morgan fingerprint density at radius 2 is 1.92 bits per heavy atom. The van der Waals surface area contributed by atoms with Crippen LogP contribution in [-0.2, 0) is 16.6 Å². The third kappa shape index (κ3) is 4.13. The Bertz CT molecular complexity index is 1260. The molecule has 2 N–H and O–H groups in total. The SMILES string of the molecule is O=C(O)C1(Nc2cccc(Cl)c2)CCC2(CC1)c1ccccc1CC2[C@H]1C[C@@H]1COc1cccnc1. The smallest absolute Gasteiger partial charge is 0.329 e. The van der Waals surface area contributed by atoms with Gasteiger partial charge in [-0.05, 0) is 103 Å². The van der Waals surface area contributed by atoms with Gasteiger partial charge >= 0.3 is 5.97 Å². The van der Waals surface area contributed by atoms with Gasteiger partial charge in [-0.1, -0.05) is 41.9 Å². The number of aromatic nitrogens is 1. The molecule has 5 nitrogen and oxygen atoms in total. The number of nitrogens with one attached hydrogen (secondary N) is 1. The maximum absolute atomic E-state index is 12.6. The van der Waals surface area contributed by atoms with E-state index < -0.39 is 11.5 Å². The maximum atomic E-state index is 12.6. The van der Waals surface area contributed by atoms with Crippen molar-refractivity contribution in [3.63, 3.8) is 0 Å². The molecule has 0 bridgehead atoms. The van der Waals surface area contributed by atoms with Crippen LogP contribution in [0.15, 0.2) is 73.1 Å². The number of pyridine rings is 1. The molecule has 6 rings (SSSR count). The van der Waals surface area contributed by atoms with Gasteiger partial charge in [0.05, 0.1) is 12.8 Å².